The SMILES string of the molecule is CCCN(CCC)C(=O)[C@H]1[C@H](C(=O)NC[C@@H]2CCOC2)[C@H]2C=C[C@H]1C2. The van der Waals surface area contributed by atoms with Gasteiger partial charge in [0.05, 0.1) is 18.4 Å². The minimum atomic E-state index is -0.193. The first-order chi connectivity index (χ1) is 12.2. The van der Waals surface area contributed by atoms with E-state index in [0.29, 0.717) is 12.5 Å². The van der Waals surface area contributed by atoms with Crippen LogP contribution < -0.4 is 5.32 Å². The van der Waals surface area contributed by atoms with Crippen molar-refractivity contribution < 1.29 is 14.3 Å². The van der Waals surface area contributed by atoms with Gasteiger partial charge in [0.2, 0.25) is 11.8 Å². The lowest BCUT2D eigenvalue weighted by atomic mass is 9.81. The summed E-state index contributed by atoms with van der Waals surface area (Å²) in [4.78, 5) is 28.0. The zero-order valence-electron chi connectivity index (χ0n) is 15.6. The van der Waals surface area contributed by atoms with Gasteiger partial charge >= 0.3 is 0 Å². The maximum atomic E-state index is 13.2. The first kappa shape index (κ1) is 18.4. The molecule has 3 rings (SSSR count). The number of ether oxygens (including phenoxy) is 1. The molecule has 2 amide bonds. The molecule has 2 bridgehead atoms. The zero-order chi connectivity index (χ0) is 17.8. The molecule has 1 aliphatic heterocycles. The molecule has 5 nitrogen and oxygen atoms in total. The summed E-state index contributed by atoms with van der Waals surface area (Å²) in [5.41, 5.74) is 0. The number of nitrogens with one attached hydrogen (secondary N) is 1. The third kappa shape index (κ3) is 3.91. The number of amides is 2. The lowest BCUT2D eigenvalue weighted by Crippen LogP contribution is -2.46. The summed E-state index contributed by atoms with van der Waals surface area (Å²) in [6, 6.07) is 0. The van der Waals surface area contributed by atoms with Crippen LogP contribution in [0.4, 0.5) is 0 Å². The highest BCUT2D eigenvalue weighted by Crippen LogP contribution is 2.48. The molecule has 1 saturated carbocycles. The zero-order valence-corrected chi connectivity index (χ0v) is 15.6. The first-order valence-corrected chi connectivity index (χ1v) is 9.98. The van der Waals surface area contributed by atoms with Gasteiger partial charge in [-0.05, 0) is 37.5 Å². The molecule has 0 radical (unpaired) electrons. The average Bonchev–Trinajstić information content (AvgIpc) is 3.35. The highest BCUT2D eigenvalue weighted by atomic mass is 16.5. The standard InChI is InChI=1S/C20H32N2O3/c1-3-8-22(9-4-2)20(24)18-16-6-5-15(11-16)17(18)19(23)21-12-14-7-10-25-13-14/h5-6,14-18H,3-4,7-13H2,1-2H3,(H,21,23)/t14-,15-,16-,17+,18+/m0/s1. The van der Waals surface area contributed by atoms with E-state index in [-0.39, 0.29) is 35.5 Å². The smallest absolute Gasteiger partial charge is 0.227 e. The van der Waals surface area contributed by atoms with Gasteiger partial charge in [-0.2, -0.15) is 0 Å². The summed E-state index contributed by atoms with van der Waals surface area (Å²) in [5, 5.41) is 3.12. The number of rotatable bonds is 8. The Morgan fingerprint density at radius 1 is 1.12 bits per heavy atom. The third-order valence-electron chi connectivity index (χ3n) is 5.93. The second-order valence-electron chi connectivity index (χ2n) is 7.80. The maximum Gasteiger partial charge on any atom is 0.227 e. The van der Waals surface area contributed by atoms with Crippen LogP contribution in [0.25, 0.3) is 0 Å². The minimum Gasteiger partial charge on any atom is -0.381 e. The molecule has 0 spiro atoms. The summed E-state index contributed by atoms with van der Waals surface area (Å²) in [5.74, 6) is 0.765. The van der Waals surface area contributed by atoms with E-state index in [1.807, 2.05) is 4.90 Å². The summed E-state index contributed by atoms with van der Waals surface area (Å²) in [6.07, 6.45) is 8.20. The van der Waals surface area contributed by atoms with Crippen LogP contribution in [0.3, 0.4) is 0 Å². The lowest BCUT2D eigenvalue weighted by molar-refractivity contribution is -0.142. The molecular weight excluding hydrogens is 316 g/mol. The van der Waals surface area contributed by atoms with Crippen molar-refractivity contribution in [2.75, 3.05) is 32.8 Å². The second kappa shape index (κ2) is 8.35. The van der Waals surface area contributed by atoms with Gasteiger partial charge in [0.25, 0.3) is 0 Å². The summed E-state index contributed by atoms with van der Waals surface area (Å²) in [7, 11) is 0. The van der Waals surface area contributed by atoms with Crippen molar-refractivity contribution >= 4 is 11.8 Å². The summed E-state index contributed by atoms with van der Waals surface area (Å²) < 4.78 is 5.39. The number of hydrogen-bond donors (Lipinski definition) is 1. The Bertz CT molecular complexity index is 507. The quantitative estimate of drug-likeness (QED) is 0.684. The number of fused-ring (bicyclic) bond motifs is 2. The van der Waals surface area contributed by atoms with Gasteiger partial charge in [0, 0.05) is 32.2 Å². The topological polar surface area (TPSA) is 58.6 Å². The third-order valence-corrected chi connectivity index (χ3v) is 5.93. The van der Waals surface area contributed by atoms with Crippen molar-refractivity contribution in [2.24, 2.45) is 29.6 Å². The average molecular weight is 348 g/mol. The van der Waals surface area contributed by atoms with Crippen LogP contribution in [0.2, 0.25) is 0 Å². The molecule has 1 saturated heterocycles. The molecule has 5 heteroatoms. The molecule has 1 N–H and O–H groups in total. The molecule has 2 fully saturated rings. The Morgan fingerprint density at radius 3 is 2.40 bits per heavy atom. The fraction of sp³-hybridized carbons (Fsp3) is 0.800. The molecule has 0 aromatic carbocycles. The van der Waals surface area contributed by atoms with Crippen molar-refractivity contribution in [2.45, 2.75) is 39.5 Å². The van der Waals surface area contributed by atoms with Crippen LogP contribution in [-0.2, 0) is 14.3 Å². The van der Waals surface area contributed by atoms with Gasteiger partial charge in [0.15, 0.2) is 0 Å². The summed E-state index contributed by atoms with van der Waals surface area (Å²) >= 11 is 0. The van der Waals surface area contributed by atoms with Crippen molar-refractivity contribution in [1.82, 2.24) is 10.2 Å². The number of hydrogen-bond acceptors (Lipinski definition) is 3. The lowest BCUT2D eigenvalue weighted by Gasteiger charge is -2.32. The number of allylic oxidation sites excluding steroid dienone is 2. The van der Waals surface area contributed by atoms with Crippen molar-refractivity contribution in [3.8, 4) is 0 Å². The first-order valence-electron chi connectivity index (χ1n) is 9.98. The molecule has 140 valence electrons. The van der Waals surface area contributed by atoms with E-state index in [1.54, 1.807) is 0 Å². The largest absolute Gasteiger partial charge is 0.381 e. The second-order valence-corrected chi connectivity index (χ2v) is 7.80. The Kier molecular flexibility index (Phi) is 6.15. The predicted molar refractivity (Wildman–Crippen MR) is 96.8 cm³/mol. The Morgan fingerprint density at radius 2 is 1.80 bits per heavy atom. The molecular formula is C20H32N2O3. The predicted octanol–water partition coefficient (Wildman–Crippen LogP) is 2.23. The monoisotopic (exact) mass is 348 g/mol. The maximum absolute atomic E-state index is 13.2. The highest BCUT2D eigenvalue weighted by molar-refractivity contribution is 5.89. The van der Waals surface area contributed by atoms with E-state index in [2.05, 4.69) is 31.3 Å². The number of carbonyl (C=O) groups excluding carboxylic acids is 2. The summed E-state index contributed by atoms with van der Waals surface area (Å²) in [6.45, 7) is 7.98. The number of nitrogens with zero attached hydrogens (tertiary/aromatic N) is 1. The fourth-order valence-corrected chi connectivity index (χ4v) is 4.71. The van der Waals surface area contributed by atoms with Crippen LogP contribution in [0, 0.1) is 29.6 Å². The van der Waals surface area contributed by atoms with Gasteiger partial charge in [0.1, 0.15) is 0 Å². The van der Waals surface area contributed by atoms with Gasteiger partial charge in [-0.1, -0.05) is 26.0 Å². The Balaban J connectivity index is 1.67. The van der Waals surface area contributed by atoms with Crippen LogP contribution in [-0.4, -0.2) is 49.6 Å². The van der Waals surface area contributed by atoms with E-state index < -0.39 is 0 Å². The van der Waals surface area contributed by atoms with Crippen LogP contribution in [0.1, 0.15) is 39.5 Å². The molecule has 0 unspecified atom stereocenters. The molecule has 25 heavy (non-hydrogen) atoms. The van der Waals surface area contributed by atoms with E-state index in [9.17, 15) is 9.59 Å². The van der Waals surface area contributed by atoms with Crippen molar-refractivity contribution in [1.29, 1.82) is 0 Å². The normalized spacial score (nSPS) is 33.0. The van der Waals surface area contributed by atoms with Crippen LogP contribution in [0.15, 0.2) is 12.2 Å². The Hall–Kier alpha value is -1.36. The van der Waals surface area contributed by atoms with E-state index >= 15 is 0 Å². The molecule has 1 heterocycles. The van der Waals surface area contributed by atoms with Gasteiger partial charge in [-0.25, -0.2) is 0 Å². The molecule has 3 aliphatic rings. The van der Waals surface area contributed by atoms with Crippen LogP contribution in [0.5, 0.6) is 0 Å². The molecule has 2 aliphatic carbocycles. The van der Waals surface area contributed by atoms with E-state index in [4.69, 9.17) is 4.74 Å². The van der Waals surface area contributed by atoms with Gasteiger partial charge in [-0.3, -0.25) is 9.59 Å². The van der Waals surface area contributed by atoms with Crippen molar-refractivity contribution in [3.63, 3.8) is 0 Å². The molecule has 0 aromatic heterocycles. The number of carbonyl (C=O) groups is 2. The highest BCUT2D eigenvalue weighted by Gasteiger charge is 2.52. The van der Waals surface area contributed by atoms with Crippen molar-refractivity contribution in [3.05, 3.63) is 12.2 Å². The van der Waals surface area contributed by atoms with E-state index in [0.717, 1.165) is 52.0 Å². The molecule has 0 aromatic rings. The molecule has 5 atom stereocenters. The van der Waals surface area contributed by atoms with E-state index in [1.165, 1.54) is 0 Å². The van der Waals surface area contributed by atoms with Crippen LogP contribution >= 0.6 is 0 Å². The Labute approximate surface area is 151 Å². The van der Waals surface area contributed by atoms with Gasteiger partial charge in [-0.15, -0.1) is 0 Å². The minimum absolute atomic E-state index is 0.0649. The fourth-order valence-electron chi connectivity index (χ4n) is 4.71. The van der Waals surface area contributed by atoms with Gasteiger partial charge < -0.3 is 15.0 Å².